The second-order valence-electron chi connectivity index (χ2n) is 6.11. The zero-order chi connectivity index (χ0) is 21.8. The van der Waals surface area contributed by atoms with E-state index in [4.69, 9.17) is 22.1 Å². The molecule has 1 heterocycles. The van der Waals surface area contributed by atoms with Gasteiger partial charge < -0.3 is 9.84 Å². The number of amides is 2. The molecule has 2 aromatic carbocycles. The first-order valence-corrected chi connectivity index (χ1v) is 9.81. The Morgan fingerprint density at radius 1 is 1.27 bits per heavy atom. The molecular formula is C20H15FN2O5S2. The Morgan fingerprint density at radius 2 is 2.00 bits per heavy atom. The first-order chi connectivity index (χ1) is 14.3. The maximum Gasteiger partial charge on any atom is 0.344 e. The van der Waals surface area contributed by atoms with Crippen molar-refractivity contribution in [3.63, 3.8) is 0 Å². The van der Waals surface area contributed by atoms with Gasteiger partial charge in [0.2, 0.25) is 0 Å². The summed E-state index contributed by atoms with van der Waals surface area (Å²) in [6.07, 6.45) is 0.499. The number of carboxylic acid groups (broad SMARTS) is 1. The molecule has 0 aromatic heterocycles. The van der Waals surface area contributed by atoms with Crippen molar-refractivity contribution in [2.75, 3.05) is 0 Å². The summed E-state index contributed by atoms with van der Waals surface area (Å²) in [4.78, 5) is 36.1. The van der Waals surface area contributed by atoms with E-state index in [1.54, 1.807) is 24.3 Å². The van der Waals surface area contributed by atoms with Gasteiger partial charge in [-0.1, -0.05) is 36.0 Å². The number of nitrogens with one attached hydrogen (secondary N) is 1. The Morgan fingerprint density at radius 3 is 2.70 bits per heavy atom. The molecule has 2 aromatic rings. The second-order valence-corrected chi connectivity index (χ2v) is 7.78. The topological polar surface area (TPSA) is 95.9 Å². The van der Waals surface area contributed by atoms with Gasteiger partial charge in [0.15, 0.2) is 10.4 Å². The molecular weight excluding hydrogens is 431 g/mol. The van der Waals surface area contributed by atoms with Crippen molar-refractivity contribution in [3.05, 3.63) is 70.4 Å². The van der Waals surface area contributed by atoms with Gasteiger partial charge in [-0.3, -0.25) is 15.0 Å². The van der Waals surface area contributed by atoms with Gasteiger partial charge in [0.1, 0.15) is 11.6 Å². The lowest BCUT2D eigenvalue weighted by Gasteiger charge is -2.15. The summed E-state index contributed by atoms with van der Waals surface area (Å²) >= 11 is 6.12. The summed E-state index contributed by atoms with van der Waals surface area (Å²) in [5, 5.41) is 9.83. The summed E-state index contributed by atoms with van der Waals surface area (Å²) in [5.74, 6) is -2.87. The third kappa shape index (κ3) is 4.84. The summed E-state index contributed by atoms with van der Waals surface area (Å²) in [5.41, 5.74) is 2.67. The first kappa shape index (κ1) is 21.5. The van der Waals surface area contributed by atoms with Crippen LogP contribution < -0.4 is 10.2 Å². The smallest absolute Gasteiger partial charge is 0.344 e. The molecule has 3 rings (SSSR count). The Hall–Kier alpha value is -3.24. The number of thioether (sulfide) groups is 1. The number of benzene rings is 2. The molecule has 0 saturated carbocycles. The maximum atomic E-state index is 13.8. The second kappa shape index (κ2) is 9.06. The van der Waals surface area contributed by atoms with Gasteiger partial charge >= 0.3 is 5.97 Å². The number of carboxylic acids is 1. The van der Waals surface area contributed by atoms with Crippen molar-refractivity contribution in [2.24, 2.45) is 0 Å². The number of thiocarbonyl (C=S) groups is 1. The number of ether oxygens (including phenoxy) is 1. The van der Waals surface area contributed by atoms with Crippen LogP contribution in [0, 0.1) is 5.82 Å². The standard InChI is InChI=1S/C20H15FN2O5S2/c1-11(19(26)27)28-13-6-4-5-12(9-13)10-16-18(25)23(20(29)30-16)22-17(24)14-7-2-3-8-15(14)21/h2-11H,1H3,(H,22,24)(H,26,27)/b16-10+. The van der Waals surface area contributed by atoms with Crippen LogP contribution in [0.3, 0.4) is 0 Å². The van der Waals surface area contributed by atoms with Gasteiger partial charge in [-0.15, -0.1) is 0 Å². The van der Waals surface area contributed by atoms with Crippen LogP contribution in [0.15, 0.2) is 53.4 Å². The molecule has 7 nitrogen and oxygen atoms in total. The van der Waals surface area contributed by atoms with Crippen LogP contribution in [-0.2, 0) is 9.59 Å². The largest absolute Gasteiger partial charge is 0.479 e. The van der Waals surface area contributed by atoms with Crippen LogP contribution in [-0.4, -0.2) is 38.3 Å². The van der Waals surface area contributed by atoms with E-state index in [0.717, 1.165) is 22.8 Å². The number of carbonyl (C=O) groups is 3. The monoisotopic (exact) mass is 446 g/mol. The Labute approximate surface area is 180 Å². The van der Waals surface area contributed by atoms with Crippen LogP contribution >= 0.6 is 24.0 Å². The first-order valence-electron chi connectivity index (χ1n) is 8.59. The molecule has 1 fully saturated rings. The molecule has 1 unspecified atom stereocenters. The number of aliphatic carboxylic acids is 1. The molecule has 0 bridgehead atoms. The minimum Gasteiger partial charge on any atom is -0.479 e. The van der Waals surface area contributed by atoms with Crippen molar-refractivity contribution in [2.45, 2.75) is 13.0 Å². The fraction of sp³-hybridized carbons (Fsp3) is 0.100. The van der Waals surface area contributed by atoms with E-state index in [1.807, 2.05) is 0 Å². The van der Waals surface area contributed by atoms with Crippen LogP contribution in [0.4, 0.5) is 4.39 Å². The maximum absolute atomic E-state index is 13.8. The molecule has 30 heavy (non-hydrogen) atoms. The van der Waals surface area contributed by atoms with Crippen molar-refractivity contribution in [1.29, 1.82) is 0 Å². The molecule has 1 atom stereocenters. The van der Waals surface area contributed by atoms with Crippen LogP contribution in [0.2, 0.25) is 0 Å². The molecule has 1 saturated heterocycles. The van der Waals surface area contributed by atoms with E-state index in [9.17, 15) is 18.8 Å². The number of hydrogen-bond acceptors (Lipinski definition) is 6. The molecule has 2 amide bonds. The predicted octanol–water partition coefficient (Wildman–Crippen LogP) is 3.22. The number of hydrogen-bond donors (Lipinski definition) is 2. The van der Waals surface area contributed by atoms with E-state index in [2.05, 4.69) is 5.43 Å². The van der Waals surface area contributed by atoms with Crippen molar-refractivity contribution >= 4 is 52.2 Å². The average Bonchev–Trinajstić information content (AvgIpc) is 2.95. The fourth-order valence-electron chi connectivity index (χ4n) is 2.45. The molecule has 0 spiro atoms. The van der Waals surface area contributed by atoms with Gasteiger partial charge in [-0.2, -0.15) is 5.01 Å². The van der Waals surface area contributed by atoms with E-state index in [1.165, 1.54) is 31.2 Å². The van der Waals surface area contributed by atoms with Gasteiger partial charge in [-0.05, 0) is 55.0 Å². The Bertz CT molecular complexity index is 1070. The molecule has 10 heteroatoms. The third-order valence-electron chi connectivity index (χ3n) is 3.94. The summed E-state index contributed by atoms with van der Waals surface area (Å²) in [6, 6.07) is 11.9. The number of nitrogens with zero attached hydrogens (tertiary/aromatic N) is 1. The summed E-state index contributed by atoms with van der Waals surface area (Å²) < 4.78 is 19.2. The molecule has 0 radical (unpaired) electrons. The van der Waals surface area contributed by atoms with E-state index >= 15 is 0 Å². The van der Waals surface area contributed by atoms with Crippen LogP contribution in [0.25, 0.3) is 6.08 Å². The Balaban J connectivity index is 1.76. The lowest BCUT2D eigenvalue weighted by molar-refractivity contribution is -0.144. The highest BCUT2D eigenvalue weighted by atomic mass is 32.2. The highest BCUT2D eigenvalue weighted by molar-refractivity contribution is 8.26. The van der Waals surface area contributed by atoms with Crippen molar-refractivity contribution in [1.82, 2.24) is 10.4 Å². The normalized spacial score (nSPS) is 15.9. The number of hydrazine groups is 1. The third-order valence-corrected chi connectivity index (χ3v) is 5.24. The van der Waals surface area contributed by atoms with E-state index in [0.29, 0.717) is 11.3 Å². The summed E-state index contributed by atoms with van der Waals surface area (Å²) in [6.45, 7) is 1.40. The lowest BCUT2D eigenvalue weighted by atomic mass is 10.2. The Kier molecular flexibility index (Phi) is 6.48. The van der Waals surface area contributed by atoms with E-state index < -0.39 is 29.7 Å². The minimum atomic E-state index is -1.10. The van der Waals surface area contributed by atoms with Crippen molar-refractivity contribution < 1.29 is 28.6 Å². The zero-order valence-electron chi connectivity index (χ0n) is 15.5. The van der Waals surface area contributed by atoms with Crippen LogP contribution in [0.1, 0.15) is 22.8 Å². The average molecular weight is 446 g/mol. The lowest BCUT2D eigenvalue weighted by Crippen LogP contribution is -2.45. The van der Waals surface area contributed by atoms with Gasteiger partial charge in [0, 0.05) is 0 Å². The highest BCUT2D eigenvalue weighted by Crippen LogP contribution is 2.32. The molecule has 2 N–H and O–H groups in total. The molecule has 1 aliphatic rings. The fourth-order valence-corrected chi connectivity index (χ4v) is 3.63. The molecule has 154 valence electrons. The molecule has 1 aliphatic heterocycles. The van der Waals surface area contributed by atoms with Gasteiger partial charge in [0.05, 0.1) is 10.5 Å². The quantitative estimate of drug-likeness (QED) is 0.520. The van der Waals surface area contributed by atoms with Gasteiger partial charge in [-0.25, -0.2) is 9.18 Å². The number of carbonyl (C=O) groups excluding carboxylic acids is 2. The SMILES string of the molecule is CC(Oc1cccc(/C=C2/SC(=S)N(NC(=O)c3ccccc3F)C2=O)c1)C(=O)O. The van der Waals surface area contributed by atoms with Crippen LogP contribution in [0.5, 0.6) is 5.75 Å². The minimum absolute atomic E-state index is 0.0860. The van der Waals surface area contributed by atoms with Crippen molar-refractivity contribution in [3.8, 4) is 5.75 Å². The van der Waals surface area contributed by atoms with E-state index in [-0.39, 0.29) is 14.8 Å². The van der Waals surface area contributed by atoms with Gasteiger partial charge in [0.25, 0.3) is 11.8 Å². The highest BCUT2D eigenvalue weighted by Gasteiger charge is 2.34. The number of rotatable bonds is 6. The molecule has 0 aliphatic carbocycles. The number of halogens is 1. The summed E-state index contributed by atoms with van der Waals surface area (Å²) in [7, 11) is 0. The predicted molar refractivity (Wildman–Crippen MR) is 113 cm³/mol. The zero-order valence-corrected chi connectivity index (χ0v) is 17.1.